The van der Waals surface area contributed by atoms with Gasteiger partial charge in [-0.1, -0.05) is 27.2 Å². The normalized spacial score (nSPS) is 52.0. The highest BCUT2D eigenvalue weighted by molar-refractivity contribution is 5.92. The van der Waals surface area contributed by atoms with Gasteiger partial charge in [-0.25, -0.2) is 4.39 Å². The largest absolute Gasteiger partial charge is 0.393 e. The third-order valence-electron chi connectivity index (χ3n) is 9.75. The smallest absolute Gasteiger partial charge is 0.193 e. The van der Waals surface area contributed by atoms with Gasteiger partial charge < -0.3 is 19.7 Å². The van der Waals surface area contributed by atoms with Crippen molar-refractivity contribution in [3.8, 4) is 0 Å². The maximum absolute atomic E-state index is 15.5. The molecule has 1 heterocycles. The molecule has 6 nitrogen and oxygen atoms in total. The van der Waals surface area contributed by atoms with Gasteiger partial charge in [0.15, 0.2) is 23.5 Å². The summed E-state index contributed by atoms with van der Waals surface area (Å²) in [6, 6.07) is 0. The van der Waals surface area contributed by atoms with Gasteiger partial charge in [-0.3, -0.25) is 9.59 Å². The fraction of sp³-hybridized carbons (Fsp3) is 0.840. The van der Waals surface area contributed by atoms with E-state index < -0.39 is 53.5 Å². The summed E-state index contributed by atoms with van der Waals surface area (Å²) in [5, 5.41) is 21.4. The number of allylic oxidation sites excluding steroid dienone is 1. The van der Waals surface area contributed by atoms with Gasteiger partial charge in [-0.2, -0.15) is 0 Å². The van der Waals surface area contributed by atoms with Gasteiger partial charge in [0, 0.05) is 11.8 Å². The van der Waals surface area contributed by atoms with Gasteiger partial charge >= 0.3 is 0 Å². The Balaban J connectivity index is 1.57. The molecule has 0 amide bonds. The van der Waals surface area contributed by atoms with Crippen molar-refractivity contribution in [2.24, 2.45) is 28.6 Å². The lowest BCUT2D eigenvalue weighted by Gasteiger charge is -2.61. The number of aliphatic hydroxyl groups is 2. The first kappa shape index (κ1) is 22.6. The number of carbonyl (C=O) groups excluding carboxylic acids is 2. The van der Waals surface area contributed by atoms with Crippen molar-refractivity contribution in [1.82, 2.24) is 0 Å². The lowest BCUT2D eigenvalue weighted by molar-refractivity contribution is -0.205. The number of hydrogen-bond donors (Lipinski definition) is 2. The molecule has 0 spiro atoms. The van der Waals surface area contributed by atoms with Gasteiger partial charge in [0.25, 0.3) is 0 Å². The molecule has 5 rings (SSSR count). The minimum Gasteiger partial charge on any atom is -0.393 e. The molecule has 1 saturated heterocycles. The number of ether oxygens (including phenoxy) is 2. The Hall–Kier alpha value is -1.15. The minimum atomic E-state index is -1.32. The molecular formula is C25H35FO6. The first-order chi connectivity index (χ1) is 15.1. The van der Waals surface area contributed by atoms with Crippen LogP contribution in [0.2, 0.25) is 0 Å². The molecule has 10 atom stereocenters. The van der Waals surface area contributed by atoms with Gasteiger partial charge in [-0.05, 0) is 66.9 Å². The standard InChI is InChI=1S/C25H35FO6/c1-4-5-21-31-20-10-15-14-9-17(26)16-8-13(28)6-7-23(16,2)22(14)18(29)11-24(15,3)25(20,32-21)19(30)12-27/h8,14-15,17-18,20-22,27,29H,4-7,9-12H2,1-3H3/t14-,15-,17-,18-,20+,21-,22+,23-,24-,25+/m0/s1. The number of fused-ring (bicyclic) bond motifs is 7. The Bertz CT molecular complexity index is 857. The molecule has 32 heavy (non-hydrogen) atoms. The molecular weight excluding hydrogens is 415 g/mol. The Kier molecular flexibility index (Phi) is 5.25. The van der Waals surface area contributed by atoms with Crippen LogP contribution in [0.15, 0.2) is 11.6 Å². The van der Waals surface area contributed by atoms with Crippen LogP contribution in [-0.4, -0.2) is 58.7 Å². The van der Waals surface area contributed by atoms with E-state index in [9.17, 15) is 19.8 Å². The molecule has 0 radical (unpaired) electrons. The number of halogens is 1. The summed E-state index contributed by atoms with van der Waals surface area (Å²) in [5.74, 6) is -0.855. The van der Waals surface area contributed by atoms with Crippen molar-refractivity contribution >= 4 is 11.6 Å². The number of aliphatic hydroxyl groups excluding tert-OH is 2. The Morgan fingerprint density at radius 2 is 2.06 bits per heavy atom. The fourth-order valence-electron chi connectivity index (χ4n) is 8.49. The molecule has 0 aromatic heterocycles. The Labute approximate surface area is 188 Å². The number of carbonyl (C=O) groups is 2. The summed E-state index contributed by atoms with van der Waals surface area (Å²) in [5.41, 5.74) is -2.12. The minimum absolute atomic E-state index is 0.0413. The highest BCUT2D eigenvalue weighted by Gasteiger charge is 2.76. The van der Waals surface area contributed by atoms with Crippen molar-refractivity contribution < 1.29 is 33.7 Å². The molecule has 0 aromatic carbocycles. The third kappa shape index (κ3) is 2.71. The van der Waals surface area contributed by atoms with Crippen molar-refractivity contribution in [2.75, 3.05) is 6.61 Å². The second kappa shape index (κ2) is 7.42. The first-order valence-electron chi connectivity index (χ1n) is 12.2. The van der Waals surface area contributed by atoms with Gasteiger partial charge in [0.1, 0.15) is 12.8 Å². The molecule has 0 unspecified atom stereocenters. The van der Waals surface area contributed by atoms with Gasteiger partial charge in [0.05, 0.1) is 12.2 Å². The molecule has 7 heteroatoms. The summed E-state index contributed by atoms with van der Waals surface area (Å²) >= 11 is 0. The summed E-state index contributed by atoms with van der Waals surface area (Å²) in [7, 11) is 0. The quantitative estimate of drug-likeness (QED) is 0.684. The van der Waals surface area contributed by atoms with Crippen LogP contribution >= 0.6 is 0 Å². The maximum atomic E-state index is 15.5. The van der Waals surface area contributed by atoms with Crippen LogP contribution in [-0.2, 0) is 19.1 Å². The number of alkyl halides is 1. The highest BCUT2D eigenvalue weighted by Crippen LogP contribution is 2.70. The lowest BCUT2D eigenvalue weighted by atomic mass is 9.45. The molecule has 5 aliphatic rings. The topological polar surface area (TPSA) is 93.1 Å². The van der Waals surface area contributed by atoms with E-state index in [1.54, 1.807) is 0 Å². The van der Waals surface area contributed by atoms with Crippen molar-refractivity contribution in [3.05, 3.63) is 11.6 Å². The monoisotopic (exact) mass is 450 g/mol. The predicted octanol–water partition coefficient (Wildman–Crippen LogP) is 2.89. The molecule has 4 aliphatic carbocycles. The highest BCUT2D eigenvalue weighted by atomic mass is 19.1. The van der Waals surface area contributed by atoms with Gasteiger partial charge in [0.2, 0.25) is 0 Å². The van der Waals surface area contributed by atoms with E-state index in [0.717, 1.165) is 6.42 Å². The SMILES string of the molecule is CCC[C@H]1O[C@@H]2C[C@H]3[C@@H]4C[C@H](F)C5=CC(=O)CC[C@]5(C)[C@H]4[C@@H](O)C[C@]3(C)[C@]2(C(=O)CO)O1. The molecule has 0 bridgehead atoms. The van der Waals surface area contributed by atoms with Crippen molar-refractivity contribution in [2.45, 2.75) is 96.0 Å². The second-order valence-corrected chi connectivity index (χ2v) is 11.2. The van der Waals surface area contributed by atoms with E-state index in [2.05, 4.69) is 0 Å². The summed E-state index contributed by atoms with van der Waals surface area (Å²) < 4.78 is 28.1. The van der Waals surface area contributed by atoms with E-state index in [1.807, 2.05) is 20.8 Å². The van der Waals surface area contributed by atoms with Crippen LogP contribution < -0.4 is 0 Å². The zero-order valence-corrected chi connectivity index (χ0v) is 19.2. The molecule has 4 fully saturated rings. The van der Waals surface area contributed by atoms with Crippen LogP contribution in [0.5, 0.6) is 0 Å². The lowest BCUT2D eigenvalue weighted by Crippen LogP contribution is -2.64. The fourth-order valence-corrected chi connectivity index (χ4v) is 8.49. The van der Waals surface area contributed by atoms with Crippen LogP contribution in [0.25, 0.3) is 0 Å². The zero-order valence-electron chi connectivity index (χ0n) is 19.2. The van der Waals surface area contributed by atoms with E-state index in [0.29, 0.717) is 37.7 Å². The molecule has 2 N–H and O–H groups in total. The van der Waals surface area contributed by atoms with E-state index >= 15 is 4.39 Å². The van der Waals surface area contributed by atoms with Gasteiger partial charge in [-0.15, -0.1) is 0 Å². The molecule has 3 saturated carbocycles. The predicted molar refractivity (Wildman–Crippen MR) is 113 cm³/mol. The first-order valence-corrected chi connectivity index (χ1v) is 12.2. The summed E-state index contributed by atoms with van der Waals surface area (Å²) in [6.07, 6.45) is 1.97. The summed E-state index contributed by atoms with van der Waals surface area (Å²) in [6.45, 7) is 5.33. The number of hydrogen-bond acceptors (Lipinski definition) is 6. The summed E-state index contributed by atoms with van der Waals surface area (Å²) in [4.78, 5) is 25.3. The molecule has 178 valence electrons. The average Bonchev–Trinajstić information content (AvgIpc) is 3.21. The van der Waals surface area contributed by atoms with Crippen LogP contribution in [0.3, 0.4) is 0 Å². The zero-order chi connectivity index (χ0) is 23.1. The average molecular weight is 451 g/mol. The van der Waals surface area contributed by atoms with Crippen molar-refractivity contribution in [3.63, 3.8) is 0 Å². The Morgan fingerprint density at radius 1 is 1.31 bits per heavy atom. The van der Waals surface area contributed by atoms with Crippen LogP contribution in [0.4, 0.5) is 4.39 Å². The second-order valence-electron chi connectivity index (χ2n) is 11.2. The third-order valence-corrected chi connectivity index (χ3v) is 9.75. The number of rotatable bonds is 4. The van der Waals surface area contributed by atoms with Crippen molar-refractivity contribution in [1.29, 1.82) is 0 Å². The number of Topliss-reactive ketones (excluding diaryl/α,β-unsaturated/α-hetero) is 1. The van der Waals surface area contributed by atoms with E-state index in [-0.39, 0.29) is 30.0 Å². The van der Waals surface area contributed by atoms with E-state index in [4.69, 9.17) is 9.47 Å². The maximum Gasteiger partial charge on any atom is 0.193 e. The Morgan fingerprint density at radius 3 is 2.75 bits per heavy atom. The van der Waals surface area contributed by atoms with E-state index in [1.165, 1.54) is 6.08 Å². The van der Waals surface area contributed by atoms with Crippen LogP contribution in [0.1, 0.15) is 65.7 Å². The number of ketones is 2. The molecule has 0 aromatic rings. The molecule has 1 aliphatic heterocycles. The van der Waals surface area contributed by atoms with Crippen LogP contribution in [0, 0.1) is 28.6 Å².